The molecule has 2 aromatic heterocycles. The molecule has 3 aromatic rings. The van der Waals surface area contributed by atoms with Gasteiger partial charge in [0.05, 0.1) is 35.3 Å². The highest BCUT2D eigenvalue weighted by molar-refractivity contribution is 6.31. The van der Waals surface area contributed by atoms with Crippen molar-refractivity contribution in [2.75, 3.05) is 36.0 Å². The first-order chi connectivity index (χ1) is 12.6. The monoisotopic (exact) mass is 371 g/mol. The number of benzene rings is 1. The molecule has 0 aliphatic carbocycles. The Kier molecular flexibility index (Phi) is 4.30. The number of H-pyrrole nitrogens is 2. The van der Waals surface area contributed by atoms with Gasteiger partial charge in [0, 0.05) is 23.2 Å². The molecule has 0 spiro atoms. The summed E-state index contributed by atoms with van der Waals surface area (Å²) in [4.78, 5) is 21.5. The molecular weight excluding hydrogens is 354 g/mol. The van der Waals surface area contributed by atoms with Gasteiger partial charge < -0.3 is 4.90 Å². The molecule has 1 fully saturated rings. The second-order valence-corrected chi connectivity index (χ2v) is 6.62. The lowest BCUT2D eigenvalue weighted by atomic mass is 10.1. The average molecular weight is 372 g/mol. The van der Waals surface area contributed by atoms with Gasteiger partial charge in [-0.25, -0.2) is 9.97 Å². The van der Waals surface area contributed by atoms with E-state index in [1.807, 2.05) is 29.3 Å². The summed E-state index contributed by atoms with van der Waals surface area (Å²) in [6.45, 7) is 2.97. The number of pyridine rings is 2. The van der Waals surface area contributed by atoms with Crippen molar-refractivity contribution in [3.63, 3.8) is 0 Å². The van der Waals surface area contributed by atoms with Crippen molar-refractivity contribution in [2.45, 2.75) is 0 Å². The van der Waals surface area contributed by atoms with Crippen LogP contribution >= 0.6 is 11.6 Å². The van der Waals surface area contributed by atoms with Crippen LogP contribution in [0.3, 0.4) is 0 Å². The minimum Gasteiger partial charge on any atom is -0.363 e. The van der Waals surface area contributed by atoms with Crippen molar-refractivity contribution in [2.24, 2.45) is 0 Å². The van der Waals surface area contributed by atoms with Gasteiger partial charge >= 0.3 is 11.5 Å². The van der Waals surface area contributed by atoms with Gasteiger partial charge in [-0.1, -0.05) is 11.6 Å². The van der Waals surface area contributed by atoms with Gasteiger partial charge in [-0.05, 0) is 18.2 Å². The average Bonchev–Trinajstić information content (AvgIpc) is 2.67. The number of nitrogens with zero attached hydrogens (tertiary/aromatic N) is 3. The Labute approximate surface area is 155 Å². The highest BCUT2D eigenvalue weighted by Gasteiger charge is 2.31. The van der Waals surface area contributed by atoms with Crippen molar-refractivity contribution in [1.82, 2.24) is 0 Å². The van der Waals surface area contributed by atoms with Gasteiger partial charge in [0.1, 0.15) is 13.1 Å². The lowest BCUT2D eigenvalue weighted by Crippen LogP contribution is -2.48. The first kappa shape index (κ1) is 16.5. The lowest BCUT2D eigenvalue weighted by Gasteiger charge is -2.32. The topological polar surface area (TPSA) is 77.9 Å². The molecule has 1 aliphatic rings. The molecule has 0 unspecified atom stereocenters. The van der Waals surface area contributed by atoms with E-state index in [2.05, 4.69) is 20.9 Å². The van der Waals surface area contributed by atoms with Crippen LogP contribution in [0.25, 0.3) is 10.9 Å². The second kappa shape index (κ2) is 6.76. The fraction of sp³-hybridized carbons (Fsp3) is 0.222. The third-order valence-corrected chi connectivity index (χ3v) is 4.92. The molecule has 4 rings (SSSR count). The molecule has 132 valence electrons. The van der Waals surface area contributed by atoms with Crippen LogP contribution in [-0.4, -0.2) is 31.1 Å². The van der Waals surface area contributed by atoms with E-state index >= 15 is 0 Å². The maximum Gasteiger partial charge on any atom is 0.357 e. The SMILES string of the molecule is O=[N+]([O-])c1ccc[nH+]c1N1CCN(c2cc[nH+]c3cc(Cl)ccc23)CC1. The number of anilines is 2. The zero-order chi connectivity index (χ0) is 18.1. The highest BCUT2D eigenvalue weighted by atomic mass is 35.5. The zero-order valence-corrected chi connectivity index (χ0v) is 14.7. The molecule has 0 atom stereocenters. The van der Waals surface area contributed by atoms with Gasteiger partial charge in [0.25, 0.3) is 0 Å². The Balaban J connectivity index is 1.57. The lowest BCUT2D eigenvalue weighted by molar-refractivity contribution is -0.411. The number of aromatic amines is 2. The Bertz CT molecular complexity index is 973. The molecule has 1 aliphatic heterocycles. The summed E-state index contributed by atoms with van der Waals surface area (Å²) in [5, 5.41) is 13.1. The van der Waals surface area contributed by atoms with Crippen molar-refractivity contribution in [1.29, 1.82) is 0 Å². The normalized spacial score (nSPS) is 14.7. The number of aromatic nitrogens is 2. The summed E-state index contributed by atoms with van der Waals surface area (Å²) in [5.74, 6) is 0.565. The van der Waals surface area contributed by atoms with Crippen LogP contribution in [0.1, 0.15) is 0 Å². The van der Waals surface area contributed by atoms with E-state index in [9.17, 15) is 10.1 Å². The van der Waals surface area contributed by atoms with Crippen LogP contribution in [0.2, 0.25) is 5.02 Å². The van der Waals surface area contributed by atoms with E-state index in [1.54, 1.807) is 12.3 Å². The number of halogens is 1. The summed E-state index contributed by atoms with van der Waals surface area (Å²) in [7, 11) is 0. The molecule has 0 saturated carbocycles. The molecule has 3 heterocycles. The van der Waals surface area contributed by atoms with Gasteiger partial charge in [0.15, 0.2) is 6.20 Å². The van der Waals surface area contributed by atoms with E-state index in [0.29, 0.717) is 23.9 Å². The van der Waals surface area contributed by atoms with Gasteiger partial charge in [-0.3, -0.25) is 15.0 Å². The van der Waals surface area contributed by atoms with Gasteiger partial charge in [-0.15, -0.1) is 0 Å². The molecule has 8 heteroatoms. The predicted octanol–water partition coefficient (Wildman–Crippen LogP) is 2.36. The number of hydrogen-bond acceptors (Lipinski definition) is 4. The fourth-order valence-corrected chi connectivity index (χ4v) is 3.60. The van der Waals surface area contributed by atoms with Crippen molar-refractivity contribution < 1.29 is 14.9 Å². The molecule has 26 heavy (non-hydrogen) atoms. The first-order valence-corrected chi connectivity index (χ1v) is 8.76. The smallest absolute Gasteiger partial charge is 0.357 e. The van der Waals surface area contributed by atoms with Gasteiger partial charge in [-0.2, -0.15) is 0 Å². The Hall–Kier alpha value is -2.93. The van der Waals surface area contributed by atoms with E-state index in [-0.39, 0.29) is 10.6 Å². The van der Waals surface area contributed by atoms with Crippen LogP contribution < -0.4 is 19.8 Å². The summed E-state index contributed by atoms with van der Waals surface area (Å²) in [6, 6.07) is 11.1. The fourth-order valence-electron chi connectivity index (χ4n) is 3.43. The Morgan fingerprint density at radius 1 is 1.00 bits per heavy atom. The molecule has 1 saturated heterocycles. The van der Waals surface area contributed by atoms with E-state index in [4.69, 9.17) is 11.6 Å². The molecule has 1 aromatic carbocycles. The molecule has 0 amide bonds. The minimum atomic E-state index is -0.345. The number of nitrogens with one attached hydrogen (secondary N) is 2. The van der Waals surface area contributed by atoms with E-state index < -0.39 is 0 Å². The summed E-state index contributed by atoms with van der Waals surface area (Å²) >= 11 is 6.09. The van der Waals surface area contributed by atoms with E-state index in [1.165, 1.54) is 6.07 Å². The predicted molar refractivity (Wildman–Crippen MR) is 99.6 cm³/mol. The maximum absolute atomic E-state index is 11.3. The van der Waals surface area contributed by atoms with Crippen LogP contribution in [0.4, 0.5) is 17.2 Å². The highest BCUT2D eigenvalue weighted by Crippen LogP contribution is 2.28. The van der Waals surface area contributed by atoms with Crippen molar-refractivity contribution in [3.8, 4) is 0 Å². The van der Waals surface area contributed by atoms with E-state index in [0.717, 1.165) is 29.7 Å². The summed E-state index contributed by atoms with van der Waals surface area (Å²) < 4.78 is 0. The van der Waals surface area contributed by atoms with Crippen LogP contribution in [0.15, 0.2) is 48.8 Å². The molecule has 0 radical (unpaired) electrons. The third-order valence-electron chi connectivity index (χ3n) is 4.68. The van der Waals surface area contributed by atoms with Crippen LogP contribution in [-0.2, 0) is 0 Å². The van der Waals surface area contributed by atoms with Crippen LogP contribution in [0, 0.1) is 10.1 Å². The quantitative estimate of drug-likeness (QED) is 0.523. The third kappa shape index (κ3) is 3.01. The molecular formula is C18H18ClN5O2+2. The number of piperazine rings is 1. The Morgan fingerprint density at radius 3 is 2.54 bits per heavy atom. The molecule has 2 N–H and O–H groups in total. The second-order valence-electron chi connectivity index (χ2n) is 6.19. The van der Waals surface area contributed by atoms with Crippen molar-refractivity contribution >= 4 is 39.7 Å². The van der Waals surface area contributed by atoms with Crippen molar-refractivity contribution in [3.05, 3.63) is 63.9 Å². The summed E-state index contributed by atoms with van der Waals surface area (Å²) in [6.07, 6.45) is 3.63. The van der Waals surface area contributed by atoms with Gasteiger partial charge in [0.2, 0.25) is 5.52 Å². The molecule has 7 nitrogen and oxygen atoms in total. The number of nitro groups is 1. The first-order valence-electron chi connectivity index (χ1n) is 8.38. The number of rotatable bonds is 3. The van der Waals surface area contributed by atoms with Crippen LogP contribution in [0.5, 0.6) is 0 Å². The summed E-state index contributed by atoms with van der Waals surface area (Å²) in [5.41, 5.74) is 2.24. The number of hydrogen-bond donors (Lipinski definition) is 0. The maximum atomic E-state index is 11.3. The largest absolute Gasteiger partial charge is 0.363 e. The number of fused-ring (bicyclic) bond motifs is 1. The minimum absolute atomic E-state index is 0.107. The Morgan fingerprint density at radius 2 is 1.77 bits per heavy atom. The molecule has 0 bridgehead atoms. The standard InChI is InChI=1S/C18H16ClN5O2/c19-13-3-4-14-15(12-13)20-7-5-16(14)22-8-10-23(11-9-22)18-17(24(25)26)2-1-6-21-18/h1-7,12H,8-11H2/p+2. The zero-order valence-electron chi connectivity index (χ0n) is 14.0.